The Bertz CT molecular complexity index is 701. The van der Waals surface area contributed by atoms with Gasteiger partial charge in [0.1, 0.15) is 0 Å². The Morgan fingerprint density at radius 1 is 1.33 bits per heavy atom. The Kier molecular flexibility index (Phi) is 3.88. The molecule has 0 unspecified atom stereocenters. The van der Waals surface area contributed by atoms with Crippen molar-refractivity contribution in [2.75, 3.05) is 32.4 Å². The van der Waals surface area contributed by atoms with Crippen LogP contribution in [-0.2, 0) is 14.8 Å². The van der Waals surface area contributed by atoms with E-state index in [1.165, 1.54) is 11.0 Å². The molecule has 1 heterocycles. The van der Waals surface area contributed by atoms with E-state index in [1.807, 2.05) is 0 Å². The highest BCUT2D eigenvalue weighted by atomic mass is 32.2. The second-order valence-corrected chi connectivity index (χ2v) is 6.62. The summed E-state index contributed by atoms with van der Waals surface area (Å²) in [6.07, 6.45) is 0. The highest BCUT2D eigenvalue weighted by Crippen LogP contribution is 2.23. The topological polar surface area (TPSA) is 121 Å². The fourth-order valence-electron chi connectivity index (χ4n) is 2.02. The van der Waals surface area contributed by atoms with Crippen molar-refractivity contribution in [2.24, 2.45) is 0 Å². The van der Waals surface area contributed by atoms with E-state index in [9.17, 15) is 18.0 Å². The Balaban J connectivity index is 2.45. The number of anilines is 1. The Morgan fingerprint density at radius 3 is 2.57 bits per heavy atom. The number of carbonyl (C=O) groups excluding carboxylic acids is 1. The predicted octanol–water partition coefficient (Wildman–Crippen LogP) is -0.570. The number of carboxylic acid groups (broad SMARTS) is 1. The van der Waals surface area contributed by atoms with Crippen molar-refractivity contribution >= 4 is 27.6 Å². The van der Waals surface area contributed by atoms with E-state index in [0.717, 1.165) is 16.4 Å². The number of nitrogen functional groups attached to an aromatic ring is 1. The SMILES string of the molecule is CN1CCN(S(=O)(=O)c2ccc(N)cc2C(=O)O)CC1=O. The van der Waals surface area contributed by atoms with Crippen molar-refractivity contribution in [3.05, 3.63) is 23.8 Å². The van der Waals surface area contributed by atoms with Gasteiger partial charge in [-0.25, -0.2) is 13.2 Å². The van der Waals surface area contributed by atoms with E-state index in [4.69, 9.17) is 10.8 Å². The lowest BCUT2D eigenvalue weighted by molar-refractivity contribution is -0.132. The molecule has 0 radical (unpaired) electrons. The Morgan fingerprint density at radius 2 is 2.00 bits per heavy atom. The average molecular weight is 313 g/mol. The molecule has 0 saturated carbocycles. The van der Waals surface area contributed by atoms with Gasteiger partial charge in [-0.1, -0.05) is 0 Å². The lowest BCUT2D eigenvalue weighted by Gasteiger charge is -2.31. The normalized spacial score (nSPS) is 17.0. The van der Waals surface area contributed by atoms with Crippen molar-refractivity contribution in [1.82, 2.24) is 9.21 Å². The van der Waals surface area contributed by atoms with Crippen LogP contribution in [0.4, 0.5) is 5.69 Å². The van der Waals surface area contributed by atoms with Crippen LogP contribution in [0.25, 0.3) is 0 Å². The lowest BCUT2D eigenvalue weighted by atomic mass is 10.2. The standard InChI is InChI=1S/C12H15N3O5S/c1-14-4-5-15(7-11(14)16)21(19,20)10-3-2-8(13)6-9(10)12(17)18/h2-3,6H,4-5,7,13H2,1H3,(H,17,18). The molecule has 114 valence electrons. The third-order valence-electron chi connectivity index (χ3n) is 3.27. The van der Waals surface area contributed by atoms with E-state index in [0.29, 0.717) is 0 Å². The van der Waals surface area contributed by atoms with Crippen molar-refractivity contribution in [2.45, 2.75) is 4.90 Å². The zero-order valence-electron chi connectivity index (χ0n) is 11.3. The molecule has 0 aliphatic carbocycles. The number of rotatable bonds is 3. The van der Waals surface area contributed by atoms with Crippen molar-refractivity contribution in [1.29, 1.82) is 0 Å². The third-order valence-corrected chi connectivity index (χ3v) is 5.18. The molecule has 1 aromatic carbocycles. The number of sulfonamides is 1. The minimum Gasteiger partial charge on any atom is -0.478 e. The maximum atomic E-state index is 12.5. The maximum Gasteiger partial charge on any atom is 0.337 e. The van der Waals surface area contributed by atoms with Gasteiger partial charge in [-0.15, -0.1) is 0 Å². The molecule has 1 saturated heterocycles. The highest BCUT2D eigenvalue weighted by molar-refractivity contribution is 7.89. The molecule has 0 aromatic heterocycles. The lowest BCUT2D eigenvalue weighted by Crippen LogP contribution is -2.50. The molecular weight excluding hydrogens is 298 g/mol. The van der Waals surface area contributed by atoms with Gasteiger partial charge >= 0.3 is 5.97 Å². The van der Waals surface area contributed by atoms with Crippen LogP contribution in [0.5, 0.6) is 0 Å². The van der Waals surface area contributed by atoms with E-state index in [2.05, 4.69) is 0 Å². The highest BCUT2D eigenvalue weighted by Gasteiger charge is 2.34. The number of amides is 1. The third kappa shape index (κ3) is 2.83. The summed E-state index contributed by atoms with van der Waals surface area (Å²) in [5.74, 6) is -1.72. The minimum atomic E-state index is -4.06. The monoisotopic (exact) mass is 313 g/mol. The van der Waals surface area contributed by atoms with Crippen molar-refractivity contribution in [3.8, 4) is 0 Å². The van der Waals surface area contributed by atoms with Crippen molar-refractivity contribution < 1.29 is 23.1 Å². The molecule has 1 aliphatic rings. The molecule has 0 atom stereocenters. The summed E-state index contributed by atoms with van der Waals surface area (Å²) in [4.78, 5) is 23.9. The average Bonchev–Trinajstić information content (AvgIpc) is 2.41. The first-order valence-corrected chi connectivity index (χ1v) is 7.54. The van der Waals surface area contributed by atoms with Gasteiger partial charge < -0.3 is 15.7 Å². The first-order valence-electron chi connectivity index (χ1n) is 6.10. The largest absolute Gasteiger partial charge is 0.478 e. The van der Waals surface area contributed by atoms with Crippen LogP contribution >= 0.6 is 0 Å². The van der Waals surface area contributed by atoms with E-state index < -0.39 is 21.6 Å². The number of hydrogen-bond acceptors (Lipinski definition) is 5. The molecule has 9 heteroatoms. The number of piperazine rings is 1. The zero-order chi connectivity index (χ0) is 15.8. The summed E-state index contributed by atoms with van der Waals surface area (Å²) in [5.41, 5.74) is 5.25. The molecule has 0 spiro atoms. The van der Waals surface area contributed by atoms with Gasteiger partial charge in [-0.3, -0.25) is 4.79 Å². The summed E-state index contributed by atoms with van der Waals surface area (Å²) < 4.78 is 26.0. The maximum absolute atomic E-state index is 12.5. The van der Waals surface area contributed by atoms with Gasteiger partial charge in [-0.05, 0) is 18.2 Å². The number of carboxylic acids is 1. The number of benzene rings is 1. The van der Waals surface area contributed by atoms with E-state index in [-0.39, 0.29) is 36.1 Å². The minimum absolute atomic E-state index is 0.119. The first-order chi connectivity index (χ1) is 9.73. The van der Waals surface area contributed by atoms with Crippen LogP contribution in [0.15, 0.2) is 23.1 Å². The fraction of sp³-hybridized carbons (Fsp3) is 0.333. The summed E-state index contributed by atoms with van der Waals surface area (Å²) in [7, 11) is -2.48. The Hall–Kier alpha value is -2.13. The molecule has 1 fully saturated rings. The van der Waals surface area contributed by atoms with Gasteiger partial charge in [0.25, 0.3) is 0 Å². The molecular formula is C12H15N3O5S. The molecule has 3 N–H and O–H groups in total. The molecule has 2 rings (SSSR count). The Labute approximate surface area is 121 Å². The number of nitrogens with two attached hydrogens (primary N) is 1. The summed E-state index contributed by atoms with van der Waals surface area (Å²) in [5, 5.41) is 9.13. The number of aromatic carboxylic acids is 1. The number of hydrogen-bond donors (Lipinski definition) is 2. The molecule has 8 nitrogen and oxygen atoms in total. The zero-order valence-corrected chi connectivity index (χ0v) is 12.1. The molecule has 1 aromatic rings. The van der Waals surface area contributed by atoms with Gasteiger partial charge in [-0.2, -0.15) is 4.31 Å². The number of carbonyl (C=O) groups is 2. The van der Waals surface area contributed by atoms with Crippen LogP contribution in [0.1, 0.15) is 10.4 Å². The van der Waals surface area contributed by atoms with Crippen LogP contribution < -0.4 is 5.73 Å². The second kappa shape index (κ2) is 5.34. The second-order valence-electron chi connectivity index (χ2n) is 4.71. The van der Waals surface area contributed by atoms with E-state index in [1.54, 1.807) is 7.05 Å². The van der Waals surface area contributed by atoms with Gasteiger partial charge in [0.15, 0.2) is 0 Å². The predicted molar refractivity (Wildman–Crippen MR) is 74.2 cm³/mol. The molecule has 21 heavy (non-hydrogen) atoms. The summed E-state index contributed by atoms with van der Waals surface area (Å²) in [6, 6.07) is 3.56. The number of likely N-dealkylation sites (N-methyl/N-ethyl adjacent to an activating group) is 1. The van der Waals surface area contributed by atoms with Crippen LogP contribution in [0.2, 0.25) is 0 Å². The van der Waals surface area contributed by atoms with Gasteiger partial charge in [0, 0.05) is 25.8 Å². The van der Waals surface area contributed by atoms with Gasteiger partial charge in [0.2, 0.25) is 15.9 Å². The quantitative estimate of drug-likeness (QED) is 0.721. The molecule has 0 bridgehead atoms. The number of nitrogens with zero attached hydrogens (tertiary/aromatic N) is 2. The molecule has 1 amide bonds. The molecule has 1 aliphatic heterocycles. The van der Waals surface area contributed by atoms with Crippen LogP contribution in [0.3, 0.4) is 0 Å². The van der Waals surface area contributed by atoms with Crippen molar-refractivity contribution in [3.63, 3.8) is 0 Å². The van der Waals surface area contributed by atoms with Gasteiger partial charge in [0.05, 0.1) is 17.0 Å². The summed E-state index contributed by atoms with van der Waals surface area (Å²) >= 11 is 0. The van der Waals surface area contributed by atoms with Crippen LogP contribution in [0, 0.1) is 0 Å². The fourth-order valence-corrected chi connectivity index (χ4v) is 3.57. The first kappa shape index (κ1) is 15.3. The smallest absolute Gasteiger partial charge is 0.337 e. The summed E-state index contributed by atoms with van der Waals surface area (Å²) in [6.45, 7) is 0.0751. The van der Waals surface area contributed by atoms with E-state index >= 15 is 0 Å². The van der Waals surface area contributed by atoms with Crippen LogP contribution in [-0.4, -0.2) is 61.3 Å².